The number of nitrogens with zero attached hydrogens (tertiary/aromatic N) is 1. The van der Waals surface area contributed by atoms with Gasteiger partial charge in [0, 0.05) is 31.1 Å². The molecule has 0 radical (unpaired) electrons. The predicted molar refractivity (Wildman–Crippen MR) is 76.8 cm³/mol. The van der Waals surface area contributed by atoms with Crippen LogP contribution in [0, 0.1) is 0 Å². The molecular formula is C15H20ClNO2. The van der Waals surface area contributed by atoms with Crippen LogP contribution in [0.15, 0.2) is 24.3 Å². The number of Topliss-reactive ketones (excluding diaryl/α,β-unsaturated/α-hetero) is 1. The molecule has 0 amide bonds. The average molecular weight is 282 g/mol. The van der Waals surface area contributed by atoms with Gasteiger partial charge in [-0.25, -0.2) is 0 Å². The Morgan fingerprint density at radius 3 is 2.89 bits per heavy atom. The highest BCUT2D eigenvalue weighted by Gasteiger charge is 2.23. The van der Waals surface area contributed by atoms with Crippen LogP contribution >= 0.6 is 11.6 Å². The fourth-order valence-electron chi connectivity index (χ4n) is 2.35. The maximum Gasteiger partial charge on any atom is 0.165 e. The fraction of sp³-hybridized carbons (Fsp3) is 0.533. The first-order valence-corrected chi connectivity index (χ1v) is 7.09. The highest BCUT2D eigenvalue weighted by atomic mass is 35.5. The molecule has 1 aliphatic rings. The molecule has 2 unspecified atom stereocenters. The maximum atomic E-state index is 12.2. The minimum Gasteiger partial charge on any atom is -0.376 e. The summed E-state index contributed by atoms with van der Waals surface area (Å²) >= 11 is 6.04. The molecule has 104 valence electrons. The molecule has 1 fully saturated rings. The van der Waals surface area contributed by atoms with Crippen molar-refractivity contribution in [2.24, 2.45) is 0 Å². The summed E-state index contributed by atoms with van der Waals surface area (Å²) in [5.41, 5.74) is 0.623. The third-order valence-electron chi connectivity index (χ3n) is 3.54. The highest BCUT2D eigenvalue weighted by Crippen LogP contribution is 2.18. The van der Waals surface area contributed by atoms with Crippen LogP contribution in [0.5, 0.6) is 0 Å². The van der Waals surface area contributed by atoms with Crippen LogP contribution in [0.25, 0.3) is 0 Å². The second-order valence-electron chi connectivity index (χ2n) is 5.14. The van der Waals surface area contributed by atoms with Crippen molar-refractivity contribution in [2.75, 3.05) is 19.7 Å². The van der Waals surface area contributed by atoms with Gasteiger partial charge < -0.3 is 4.74 Å². The van der Waals surface area contributed by atoms with E-state index in [1.54, 1.807) is 12.1 Å². The highest BCUT2D eigenvalue weighted by molar-refractivity contribution is 6.33. The van der Waals surface area contributed by atoms with Crippen molar-refractivity contribution in [3.8, 4) is 0 Å². The number of hydrogen-bond donors (Lipinski definition) is 0. The standard InChI is InChI=1S/C15H20ClNO2/c1-11-10-19-12(2)9-17(11)8-7-15(18)13-5-3-4-6-14(13)16/h3-6,11-12H,7-10H2,1-2H3. The smallest absolute Gasteiger partial charge is 0.165 e. The summed E-state index contributed by atoms with van der Waals surface area (Å²) < 4.78 is 5.58. The summed E-state index contributed by atoms with van der Waals surface area (Å²) in [5.74, 6) is 0.108. The Balaban J connectivity index is 1.91. The molecule has 1 aromatic rings. The molecule has 4 heteroatoms. The summed E-state index contributed by atoms with van der Waals surface area (Å²) in [6.45, 7) is 6.58. The second-order valence-corrected chi connectivity index (χ2v) is 5.55. The van der Waals surface area contributed by atoms with Gasteiger partial charge in [0.2, 0.25) is 0 Å². The van der Waals surface area contributed by atoms with E-state index in [9.17, 15) is 4.79 Å². The molecule has 3 nitrogen and oxygen atoms in total. The van der Waals surface area contributed by atoms with Crippen molar-refractivity contribution in [1.82, 2.24) is 4.90 Å². The largest absolute Gasteiger partial charge is 0.376 e. The van der Waals surface area contributed by atoms with Crippen LogP contribution in [0.3, 0.4) is 0 Å². The molecule has 1 heterocycles. The lowest BCUT2D eigenvalue weighted by atomic mass is 10.1. The first-order valence-electron chi connectivity index (χ1n) is 6.71. The first-order chi connectivity index (χ1) is 9.08. The van der Waals surface area contributed by atoms with E-state index in [1.807, 2.05) is 12.1 Å². The van der Waals surface area contributed by atoms with Crippen molar-refractivity contribution < 1.29 is 9.53 Å². The Labute approximate surface area is 119 Å². The molecule has 0 aromatic heterocycles. The quantitative estimate of drug-likeness (QED) is 0.795. The Bertz CT molecular complexity index is 450. The normalized spacial score (nSPS) is 24.4. The molecule has 1 aromatic carbocycles. The molecule has 19 heavy (non-hydrogen) atoms. The van der Waals surface area contributed by atoms with Gasteiger partial charge in [0.15, 0.2) is 5.78 Å². The summed E-state index contributed by atoms with van der Waals surface area (Å²) in [4.78, 5) is 14.5. The number of rotatable bonds is 4. The minimum atomic E-state index is 0.108. The van der Waals surface area contributed by atoms with Crippen LogP contribution < -0.4 is 0 Å². The lowest BCUT2D eigenvalue weighted by Gasteiger charge is -2.36. The van der Waals surface area contributed by atoms with E-state index in [-0.39, 0.29) is 11.9 Å². The van der Waals surface area contributed by atoms with Crippen LogP contribution in [-0.4, -0.2) is 42.5 Å². The minimum absolute atomic E-state index is 0.108. The third-order valence-corrected chi connectivity index (χ3v) is 3.87. The molecule has 1 aliphatic heterocycles. The molecule has 0 saturated carbocycles. The summed E-state index contributed by atoms with van der Waals surface area (Å²) in [7, 11) is 0. The SMILES string of the molecule is CC1CN(CCC(=O)c2ccccc2Cl)C(C)CO1. The van der Waals surface area contributed by atoms with Crippen LogP contribution in [-0.2, 0) is 4.74 Å². The molecule has 0 bridgehead atoms. The zero-order chi connectivity index (χ0) is 13.8. The number of ketones is 1. The third kappa shape index (κ3) is 3.78. The van der Waals surface area contributed by atoms with E-state index in [0.29, 0.717) is 23.0 Å². The van der Waals surface area contributed by atoms with Crippen LogP contribution in [0.1, 0.15) is 30.6 Å². The predicted octanol–water partition coefficient (Wildman–Crippen LogP) is 3.02. The number of halogens is 1. The fourth-order valence-corrected chi connectivity index (χ4v) is 2.59. The van der Waals surface area contributed by atoms with Gasteiger partial charge in [-0.15, -0.1) is 0 Å². The van der Waals surface area contributed by atoms with Crippen molar-refractivity contribution in [3.05, 3.63) is 34.9 Å². The van der Waals surface area contributed by atoms with Gasteiger partial charge >= 0.3 is 0 Å². The van der Waals surface area contributed by atoms with E-state index >= 15 is 0 Å². The Morgan fingerprint density at radius 2 is 2.16 bits per heavy atom. The first kappa shape index (κ1) is 14.5. The van der Waals surface area contributed by atoms with Gasteiger partial charge in [-0.05, 0) is 26.0 Å². The van der Waals surface area contributed by atoms with Gasteiger partial charge in [-0.2, -0.15) is 0 Å². The lowest BCUT2D eigenvalue weighted by molar-refractivity contribution is -0.0488. The molecule has 2 rings (SSSR count). The van der Waals surface area contributed by atoms with E-state index in [1.165, 1.54) is 0 Å². The second kappa shape index (κ2) is 6.51. The molecule has 0 aliphatic carbocycles. The average Bonchev–Trinajstić information content (AvgIpc) is 2.40. The summed E-state index contributed by atoms with van der Waals surface area (Å²) in [5, 5.41) is 0.538. The van der Waals surface area contributed by atoms with Crippen molar-refractivity contribution in [1.29, 1.82) is 0 Å². The van der Waals surface area contributed by atoms with Crippen molar-refractivity contribution in [3.63, 3.8) is 0 Å². The lowest BCUT2D eigenvalue weighted by Crippen LogP contribution is -2.47. The van der Waals surface area contributed by atoms with Gasteiger partial charge in [0.05, 0.1) is 17.7 Å². The van der Waals surface area contributed by atoms with E-state index < -0.39 is 0 Å². The molecule has 1 saturated heterocycles. The van der Waals surface area contributed by atoms with E-state index in [2.05, 4.69) is 18.7 Å². The Kier molecular flexibility index (Phi) is 4.97. The Morgan fingerprint density at radius 1 is 1.42 bits per heavy atom. The van der Waals surface area contributed by atoms with Gasteiger partial charge in [-0.1, -0.05) is 23.7 Å². The van der Waals surface area contributed by atoms with Gasteiger partial charge in [0.25, 0.3) is 0 Å². The number of ether oxygens (including phenoxy) is 1. The van der Waals surface area contributed by atoms with Crippen LogP contribution in [0.4, 0.5) is 0 Å². The summed E-state index contributed by atoms with van der Waals surface area (Å²) in [6.07, 6.45) is 0.743. The van der Waals surface area contributed by atoms with Gasteiger partial charge in [0.1, 0.15) is 0 Å². The number of carbonyl (C=O) groups is 1. The number of morpholine rings is 1. The molecule has 2 atom stereocenters. The monoisotopic (exact) mass is 281 g/mol. The molecule has 0 N–H and O–H groups in total. The Hall–Kier alpha value is -0.900. The maximum absolute atomic E-state index is 12.2. The topological polar surface area (TPSA) is 29.5 Å². The van der Waals surface area contributed by atoms with E-state index in [0.717, 1.165) is 19.7 Å². The van der Waals surface area contributed by atoms with E-state index in [4.69, 9.17) is 16.3 Å². The number of hydrogen-bond acceptors (Lipinski definition) is 3. The van der Waals surface area contributed by atoms with Crippen molar-refractivity contribution in [2.45, 2.75) is 32.4 Å². The molecule has 0 spiro atoms. The van der Waals surface area contributed by atoms with Gasteiger partial charge in [-0.3, -0.25) is 9.69 Å². The molecular weight excluding hydrogens is 262 g/mol. The number of benzene rings is 1. The summed E-state index contributed by atoms with van der Waals surface area (Å²) in [6, 6.07) is 7.60. The van der Waals surface area contributed by atoms with Crippen molar-refractivity contribution >= 4 is 17.4 Å². The number of carbonyl (C=O) groups excluding carboxylic acids is 1. The zero-order valence-corrected chi connectivity index (χ0v) is 12.2. The zero-order valence-electron chi connectivity index (χ0n) is 11.4. The van der Waals surface area contributed by atoms with Crippen LogP contribution in [0.2, 0.25) is 5.02 Å².